The fourth-order valence-electron chi connectivity index (χ4n) is 3.43. The number of hydrogen-bond acceptors (Lipinski definition) is 5. The highest BCUT2D eigenvalue weighted by Crippen LogP contribution is 2.21. The second-order valence-electron chi connectivity index (χ2n) is 6.66. The molecule has 25 heavy (non-hydrogen) atoms. The summed E-state index contributed by atoms with van der Waals surface area (Å²) in [5.74, 6) is -0.0977. The Hall–Kier alpha value is -1.66. The summed E-state index contributed by atoms with van der Waals surface area (Å²) in [5, 5.41) is 11.2. The zero-order valence-corrected chi connectivity index (χ0v) is 15.7. The molecule has 0 radical (unpaired) electrons. The summed E-state index contributed by atoms with van der Waals surface area (Å²) in [4.78, 5) is 16.8. The van der Waals surface area contributed by atoms with Gasteiger partial charge >= 0.3 is 0 Å². The van der Waals surface area contributed by atoms with E-state index in [0.29, 0.717) is 34.9 Å². The quantitative estimate of drug-likeness (QED) is 0.626. The van der Waals surface area contributed by atoms with Gasteiger partial charge in [0.1, 0.15) is 0 Å². The Kier molecular flexibility index (Phi) is 7.20. The van der Waals surface area contributed by atoms with Crippen LogP contribution in [-0.2, 0) is 0 Å². The highest BCUT2D eigenvalue weighted by molar-refractivity contribution is 6.06. The molecule has 1 saturated carbocycles. The molecule has 2 aromatic heterocycles. The Morgan fingerprint density at radius 1 is 1.20 bits per heavy atom. The van der Waals surface area contributed by atoms with Crippen LogP contribution in [0, 0.1) is 13.8 Å². The van der Waals surface area contributed by atoms with Gasteiger partial charge in [0.2, 0.25) is 0 Å². The molecule has 0 aromatic carbocycles. The third-order valence-corrected chi connectivity index (χ3v) is 4.69. The fourth-order valence-corrected chi connectivity index (χ4v) is 3.43. The van der Waals surface area contributed by atoms with E-state index < -0.39 is 0 Å². The standard InChI is InChI=1S/C18H26N4O2.ClH/c1-12-11-15(16-13(2)22-24-18(16)21-12)17(23)20-10-9-19-14-7-5-3-4-6-8-14;/h11,14,19H,3-10H2,1-2H3,(H,20,23);1H. The molecule has 0 bridgehead atoms. The lowest BCUT2D eigenvalue weighted by Crippen LogP contribution is -2.37. The van der Waals surface area contributed by atoms with Crippen molar-refractivity contribution in [3.8, 4) is 0 Å². The number of amides is 1. The predicted octanol–water partition coefficient (Wildman–Crippen LogP) is 3.30. The first kappa shape index (κ1) is 19.7. The average molecular weight is 367 g/mol. The number of carbonyl (C=O) groups is 1. The number of pyridine rings is 1. The van der Waals surface area contributed by atoms with Crippen molar-refractivity contribution in [3.05, 3.63) is 23.0 Å². The maximum absolute atomic E-state index is 12.5. The first-order chi connectivity index (χ1) is 11.6. The Labute approximate surface area is 154 Å². The van der Waals surface area contributed by atoms with Crippen LogP contribution in [0.2, 0.25) is 0 Å². The number of carbonyl (C=O) groups excluding carboxylic acids is 1. The highest BCUT2D eigenvalue weighted by atomic mass is 35.5. The molecule has 1 fully saturated rings. The topological polar surface area (TPSA) is 80.0 Å². The van der Waals surface area contributed by atoms with Crippen molar-refractivity contribution >= 4 is 29.4 Å². The minimum Gasteiger partial charge on any atom is -0.351 e. The van der Waals surface area contributed by atoms with Gasteiger partial charge in [0.25, 0.3) is 11.6 Å². The van der Waals surface area contributed by atoms with Gasteiger partial charge in [-0.1, -0.05) is 30.8 Å². The van der Waals surface area contributed by atoms with Crippen molar-refractivity contribution in [2.75, 3.05) is 13.1 Å². The minimum absolute atomic E-state index is 0. The van der Waals surface area contributed by atoms with E-state index in [9.17, 15) is 4.79 Å². The van der Waals surface area contributed by atoms with Crippen LogP contribution in [0.25, 0.3) is 11.1 Å². The zero-order valence-electron chi connectivity index (χ0n) is 14.9. The molecule has 0 saturated heterocycles. The van der Waals surface area contributed by atoms with Gasteiger partial charge in [-0.05, 0) is 32.8 Å². The first-order valence-electron chi connectivity index (χ1n) is 8.90. The number of rotatable bonds is 5. The molecule has 1 aliphatic rings. The minimum atomic E-state index is -0.0977. The van der Waals surface area contributed by atoms with Gasteiger partial charge in [-0.3, -0.25) is 4.79 Å². The van der Waals surface area contributed by atoms with Crippen molar-refractivity contribution < 1.29 is 9.32 Å². The lowest BCUT2D eigenvalue weighted by molar-refractivity contribution is 0.0955. The molecule has 0 unspecified atom stereocenters. The van der Waals surface area contributed by atoms with E-state index in [1.165, 1.54) is 38.5 Å². The number of aryl methyl sites for hydroxylation is 2. The molecule has 0 spiro atoms. The van der Waals surface area contributed by atoms with Crippen LogP contribution in [0.1, 0.15) is 60.3 Å². The maximum atomic E-state index is 12.5. The second-order valence-corrected chi connectivity index (χ2v) is 6.66. The number of hydrogen-bond donors (Lipinski definition) is 2. The van der Waals surface area contributed by atoms with Crippen LogP contribution in [-0.4, -0.2) is 35.2 Å². The lowest BCUT2D eigenvalue weighted by Gasteiger charge is -2.16. The average Bonchev–Trinajstić information content (AvgIpc) is 2.77. The van der Waals surface area contributed by atoms with Crippen LogP contribution < -0.4 is 10.6 Å². The molecule has 3 rings (SSSR count). The summed E-state index contributed by atoms with van der Waals surface area (Å²) in [7, 11) is 0. The van der Waals surface area contributed by atoms with Gasteiger partial charge in [-0.2, -0.15) is 0 Å². The van der Waals surface area contributed by atoms with Crippen LogP contribution in [0.4, 0.5) is 0 Å². The number of nitrogens with zero attached hydrogens (tertiary/aromatic N) is 2. The first-order valence-corrected chi connectivity index (χ1v) is 8.90. The van der Waals surface area contributed by atoms with Crippen molar-refractivity contribution in [1.29, 1.82) is 0 Å². The van der Waals surface area contributed by atoms with E-state index in [2.05, 4.69) is 20.8 Å². The molecule has 2 heterocycles. The Morgan fingerprint density at radius 3 is 2.64 bits per heavy atom. The lowest BCUT2D eigenvalue weighted by atomic mass is 10.1. The van der Waals surface area contributed by atoms with E-state index in [1.807, 2.05) is 13.8 Å². The monoisotopic (exact) mass is 366 g/mol. The van der Waals surface area contributed by atoms with Gasteiger partial charge in [0.05, 0.1) is 16.6 Å². The van der Waals surface area contributed by atoms with E-state index in [0.717, 1.165) is 12.2 Å². The molecule has 1 aliphatic carbocycles. The molecule has 0 aliphatic heterocycles. The molecular weight excluding hydrogens is 340 g/mol. The smallest absolute Gasteiger partial charge is 0.258 e. The summed E-state index contributed by atoms with van der Waals surface area (Å²) < 4.78 is 5.18. The van der Waals surface area contributed by atoms with Crippen LogP contribution in [0.15, 0.2) is 10.6 Å². The van der Waals surface area contributed by atoms with E-state index >= 15 is 0 Å². The van der Waals surface area contributed by atoms with Crippen LogP contribution in [0.3, 0.4) is 0 Å². The number of aromatic nitrogens is 2. The Morgan fingerprint density at radius 2 is 1.92 bits per heavy atom. The van der Waals surface area contributed by atoms with Gasteiger partial charge in [-0.15, -0.1) is 12.4 Å². The van der Waals surface area contributed by atoms with Gasteiger partial charge < -0.3 is 15.2 Å². The summed E-state index contributed by atoms with van der Waals surface area (Å²) in [6.45, 7) is 5.09. The van der Waals surface area contributed by atoms with E-state index in [4.69, 9.17) is 4.52 Å². The van der Waals surface area contributed by atoms with E-state index in [-0.39, 0.29) is 18.3 Å². The Balaban J connectivity index is 0.00000225. The molecule has 2 N–H and O–H groups in total. The highest BCUT2D eigenvalue weighted by Gasteiger charge is 2.17. The molecule has 138 valence electrons. The fraction of sp³-hybridized carbons (Fsp3) is 0.611. The normalized spacial score (nSPS) is 15.6. The van der Waals surface area contributed by atoms with Crippen molar-refractivity contribution in [2.45, 2.75) is 58.4 Å². The van der Waals surface area contributed by atoms with Gasteiger partial charge in [-0.25, -0.2) is 4.98 Å². The predicted molar refractivity (Wildman–Crippen MR) is 100 cm³/mol. The summed E-state index contributed by atoms with van der Waals surface area (Å²) >= 11 is 0. The molecular formula is C18H27ClN4O2. The number of fused-ring (bicyclic) bond motifs is 1. The van der Waals surface area contributed by atoms with E-state index in [1.54, 1.807) is 6.07 Å². The van der Waals surface area contributed by atoms with Crippen LogP contribution >= 0.6 is 12.4 Å². The SMILES string of the molecule is Cc1cc(C(=O)NCCNC2CCCCCC2)c2c(C)noc2n1.Cl. The molecule has 1 amide bonds. The summed E-state index contributed by atoms with van der Waals surface area (Å²) in [5.41, 5.74) is 2.46. The molecule has 7 heteroatoms. The van der Waals surface area contributed by atoms with Gasteiger partial charge in [0.15, 0.2) is 0 Å². The molecule has 2 aromatic rings. The zero-order chi connectivity index (χ0) is 16.9. The maximum Gasteiger partial charge on any atom is 0.258 e. The van der Waals surface area contributed by atoms with Crippen molar-refractivity contribution in [3.63, 3.8) is 0 Å². The van der Waals surface area contributed by atoms with Gasteiger partial charge in [0, 0.05) is 24.8 Å². The molecule has 0 atom stereocenters. The number of halogens is 1. The Bertz CT molecular complexity index is 708. The summed E-state index contributed by atoms with van der Waals surface area (Å²) in [6, 6.07) is 2.39. The summed E-state index contributed by atoms with van der Waals surface area (Å²) in [6.07, 6.45) is 7.82. The third kappa shape index (κ3) is 4.92. The largest absolute Gasteiger partial charge is 0.351 e. The van der Waals surface area contributed by atoms with Crippen molar-refractivity contribution in [2.24, 2.45) is 0 Å². The van der Waals surface area contributed by atoms with Crippen molar-refractivity contribution in [1.82, 2.24) is 20.8 Å². The van der Waals surface area contributed by atoms with Crippen LogP contribution in [0.5, 0.6) is 0 Å². The number of nitrogens with one attached hydrogen (secondary N) is 2. The third-order valence-electron chi connectivity index (χ3n) is 4.69. The molecule has 6 nitrogen and oxygen atoms in total. The second kappa shape index (κ2) is 9.15.